The van der Waals surface area contributed by atoms with Crippen LogP contribution in [0.25, 0.3) is 0 Å². The maximum atomic E-state index is 10.8. The molecule has 0 heterocycles. The Morgan fingerprint density at radius 3 is 2.83 bits per heavy atom. The fourth-order valence-electron chi connectivity index (χ4n) is 1.26. The summed E-state index contributed by atoms with van der Waals surface area (Å²) in [6, 6.07) is 4.57. The average Bonchev–Trinajstić information content (AvgIpc) is 2.38. The van der Waals surface area contributed by atoms with Crippen LogP contribution < -0.4 is 5.32 Å². The molecule has 0 saturated carbocycles. The largest absolute Gasteiger partial charge is 0.468 e. The molecule has 0 aromatic heterocycles. The molecule has 0 spiro atoms. The Morgan fingerprint density at radius 1 is 1.56 bits per heavy atom. The second kappa shape index (κ2) is 6.25. The number of nitrogens with one attached hydrogen (secondary N) is 1. The van der Waals surface area contributed by atoms with E-state index in [1.165, 1.54) is 13.2 Å². The molecule has 1 N–H and O–H groups in total. The normalized spacial score (nSPS) is 9.00. The minimum Gasteiger partial charge on any atom is -0.468 e. The summed E-state index contributed by atoms with van der Waals surface area (Å²) in [6.07, 6.45) is -0.0436. The van der Waals surface area contributed by atoms with Gasteiger partial charge in [0.25, 0.3) is 5.69 Å². The van der Waals surface area contributed by atoms with Gasteiger partial charge in [-0.05, 0) is 12.1 Å². The molecule has 0 bridgehead atoms. The molecule has 0 saturated heterocycles. The third-order valence-electron chi connectivity index (χ3n) is 2.16. The second-order valence-corrected chi connectivity index (χ2v) is 3.29. The van der Waals surface area contributed by atoms with Crippen molar-refractivity contribution in [2.45, 2.75) is 6.42 Å². The van der Waals surface area contributed by atoms with Crippen molar-refractivity contribution in [3.63, 3.8) is 0 Å². The lowest BCUT2D eigenvalue weighted by Gasteiger charge is -2.01. The molecule has 0 aliphatic carbocycles. The highest BCUT2D eigenvalue weighted by Gasteiger charge is 2.12. The summed E-state index contributed by atoms with van der Waals surface area (Å²) >= 11 is 0. The van der Waals surface area contributed by atoms with Crippen LogP contribution in [0.15, 0.2) is 18.2 Å². The van der Waals surface area contributed by atoms with Crippen LogP contribution in [-0.2, 0) is 9.53 Å². The Bertz CT molecular complexity index is 529. The van der Waals surface area contributed by atoms with E-state index >= 15 is 0 Å². The van der Waals surface area contributed by atoms with E-state index in [4.69, 9.17) is 0 Å². The Kier molecular flexibility index (Phi) is 4.69. The third kappa shape index (κ3) is 3.49. The van der Waals surface area contributed by atoms with Gasteiger partial charge in [-0.2, -0.15) is 0 Å². The number of anilines is 1. The van der Waals surface area contributed by atoms with Gasteiger partial charge in [-0.25, -0.2) is 0 Å². The van der Waals surface area contributed by atoms with Gasteiger partial charge in [0.05, 0.1) is 12.0 Å². The van der Waals surface area contributed by atoms with Crippen molar-refractivity contribution in [2.75, 3.05) is 19.5 Å². The summed E-state index contributed by atoms with van der Waals surface area (Å²) in [5.74, 6) is 4.82. The molecule has 1 aromatic carbocycles. The van der Waals surface area contributed by atoms with Gasteiger partial charge < -0.3 is 10.1 Å². The maximum absolute atomic E-state index is 10.8. The number of carbonyl (C=O) groups is 1. The number of ether oxygens (including phenoxy) is 1. The molecule has 6 heteroatoms. The lowest BCUT2D eigenvalue weighted by atomic mass is 10.1. The fourth-order valence-corrected chi connectivity index (χ4v) is 1.26. The maximum Gasteiger partial charge on any atom is 0.317 e. The summed E-state index contributed by atoms with van der Waals surface area (Å²) in [4.78, 5) is 21.2. The lowest BCUT2D eigenvalue weighted by molar-refractivity contribution is -0.384. The number of nitrogens with zero attached hydrogens (tertiary/aromatic N) is 1. The van der Waals surface area contributed by atoms with Crippen molar-refractivity contribution >= 4 is 17.3 Å². The number of esters is 1. The van der Waals surface area contributed by atoms with Gasteiger partial charge in [-0.3, -0.25) is 14.9 Å². The van der Waals surface area contributed by atoms with Gasteiger partial charge in [-0.1, -0.05) is 11.8 Å². The molecule has 0 aliphatic heterocycles. The first-order chi connectivity index (χ1) is 8.58. The minimum atomic E-state index is -0.489. The molecule has 0 atom stereocenters. The Labute approximate surface area is 104 Å². The number of rotatable bonds is 3. The summed E-state index contributed by atoms with van der Waals surface area (Å²) < 4.78 is 4.43. The first-order valence-electron chi connectivity index (χ1n) is 5.10. The molecular formula is C12H12N2O4. The average molecular weight is 248 g/mol. The van der Waals surface area contributed by atoms with E-state index in [2.05, 4.69) is 21.9 Å². The van der Waals surface area contributed by atoms with E-state index in [0.29, 0.717) is 11.3 Å². The number of hydrogen-bond acceptors (Lipinski definition) is 5. The number of methoxy groups -OCH3 is 1. The van der Waals surface area contributed by atoms with E-state index in [9.17, 15) is 14.9 Å². The van der Waals surface area contributed by atoms with Crippen LogP contribution in [0.5, 0.6) is 0 Å². The zero-order valence-corrected chi connectivity index (χ0v) is 10.0. The highest BCUT2D eigenvalue weighted by molar-refractivity contribution is 5.72. The quantitative estimate of drug-likeness (QED) is 0.380. The standard InChI is InChI=1S/C12H12N2O4/c1-13-10-7-6-9(8-11(10)14(16)17)4-3-5-12(15)18-2/h6-8,13H,5H2,1-2H3. The Hall–Kier alpha value is -2.55. The molecule has 1 aromatic rings. The first-order valence-corrected chi connectivity index (χ1v) is 5.10. The van der Waals surface area contributed by atoms with Crippen LogP contribution >= 0.6 is 0 Å². The van der Waals surface area contributed by atoms with Gasteiger partial charge in [0, 0.05) is 18.7 Å². The molecule has 18 heavy (non-hydrogen) atoms. The molecular weight excluding hydrogens is 236 g/mol. The summed E-state index contributed by atoms with van der Waals surface area (Å²) in [7, 11) is 2.88. The predicted octanol–water partition coefficient (Wildman–Crippen LogP) is 1.55. The van der Waals surface area contributed by atoms with Crippen LogP contribution in [0.2, 0.25) is 0 Å². The zero-order chi connectivity index (χ0) is 13.5. The van der Waals surface area contributed by atoms with Crippen molar-refractivity contribution in [1.29, 1.82) is 0 Å². The third-order valence-corrected chi connectivity index (χ3v) is 2.16. The highest BCUT2D eigenvalue weighted by atomic mass is 16.6. The van der Waals surface area contributed by atoms with E-state index < -0.39 is 10.9 Å². The number of nitro benzene ring substituents is 1. The second-order valence-electron chi connectivity index (χ2n) is 3.29. The number of hydrogen-bond donors (Lipinski definition) is 1. The van der Waals surface area contributed by atoms with E-state index in [1.807, 2.05) is 0 Å². The van der Waals surface area contributed by atoms with Crippen molar-refractivity contribution in [3.05, 3.63) is 33.9 Å². The Morgan fingerprint density at radius 2 is 2.28 bits per heavy atom. The van der Waals surface area contributed by atoms with Gasteiger partial charge in [-0.15, -0.1) is 0 Å². The van der Waals surface area contributed by atoms with Crippen molar-refractivity contribution in [1.82, 2.24) is 0 Å². The topological polar surface area (TPSA) is 81.5 Å². The first kappa shape index (κ1) is 13.5. The van der Waals surface area contributed by atoms with Crippen LogP contribution in [0.3, 0.4) is 0 Å². The van der Waals surface area contributed by atoms with Gasteiger partial charge >= 0.3 is 5.97 Å². The van der Waals surface area contributed by atoms with E-state index in [0.717, 1.165) is 0 Å². The van der Waals surface area contributed by atoms with Crippen LogP contribution in [0, 0.1) is 22.0 Å². The molecule has 0 amide bonds. The van der Waals surface area contributed by atoms with Crippen molar-refractivity contribution < 1.29 is 14.5 Å². The number of nitro groups is 1. The number of carbonyl (C=O) groups excluding carboxylic acids is 1. The monoisotopic (exact) mass is 248 g/mol. The van der Waals surface area contributed by atoms with Crippen LogP contribution in [0.1, 0.15) is 12.0 Å². The zero-order valence-electron chi connectivity index (χ0n) is 10.0. The molecule has 6 nitrogen and oxygen atoms in total. The molecule has 0 radical (unpaired) electrons. The summed E-state index contributed by atoms with van der Waals surface area (Å²) in [5, 5.41) is 13.5. The van der Waals surface area contributed by atoms with E-state index in [1.54, 1.807) is 19.2 Å². The minimum absolute atomic E-state index is 0.0436. The smallest absolute Gasteiger partial charge is 0.317 e. The SMILES string of the molecule is CNc1ccc(C#CCC(=O)OC)cc1[N+](=O)[O-]. The van der Waals surface area contributed by atoms with Gasteiger partial charge in [0.2, 0.25) is 0 Å². The number of benzene rings is 1. The molecule has 1 rings (SSSR count). The van der Waals surface area contributed by atoms with Gasteiger partial charge in [0.15, 0.2) is 0 Å². The lowest BCUT2D eigenvalue weighted by Crippen LogP contribution is -1.98. The molecule has 0 aliphatic rings. The molecule has 0 fully saturated rings. The van der Waals surface area contributed by atoms with Crippen LogP contribution in [0.4, 0.5) is 11.4 Å². The summed E-state index contributed by atoms with van der Waals surface area (Å²) in [6.45, 7) is 0. The van der Waals surface area contributed by atoms with Gasteiger partial charge in [0.1, 0.15) is 12.1 Å². The van der Waals surface area contributed by atoms with Crippen LogP contribution in [-0.4, -0.2) is 25.1 Å². The highest BCUT2D eigenvalue weighted by Crippen LogP contribution is 2.24. The Balaban J connectivity index is 2.95. The molecule has 94 valence electrons. The molecule has 0 unspecified atom stereocenters. The predicted molar refractivity (Wildman–Crippen MR) is 66.2 cm³/mol. The van der Waals surface area contributed by atoms with Crippen molar-refractivity contribution in [2.24, 2.45) is 0 Å². The van der Waals surface area contributed by atoms with Crippen molar-refractivity contribution in [3.8, 4) is 11.8 Å². The fraction of sp³-hybridized carbons (Fsp3) is 0.250. The van der Waals surface area contributed by atoms with E-state index in [-0.39, 0.29) is 12.1 Å². The summed E-state index contributed by atoms with van der Waals surface area (Å²) in [5.41, 5.74) is 0.838.